The Morgan fingerprint density at radius 2 is 1.40 bits per heavy atom. The molecule has 0 aromatic carbocycles. The van der Waals surface area contributed by atoms with E-state index >= 15 is 0 Å². The number of guanidine groups is 2. The number of carbonyl (C=O) groups excluding carboxylic acids is 2. The van der Waals surface area contributed by atoms with Crippen molar-refractivity contribution in [3.8, 4) is 0 Å². The largest absolute Gasteiger partial charge is 0.368 e. The van der Waals surface area contributed by atoms with E-state index in [1.807, 2.05) is 0 Å². The maximum Gasteiger partial charge on any atom is 0.258 e. The molecule has 108 valence electrons. The fraction of sp³-hybridized carbons (Fsp3) is 0.600. The molecular weight excluding hydrogens is 264 g/mol. The molecule has 2 unspecified atom stereocenters. The van der Waals surface area contributed by atoms with E-state index in [2.05, 4.69) is 10.2 Å². The van der Waals surface area contributed by atoms with Crippen LogP contribution in [0.1, 0.15) is 25.7 Å². The lowest BCUT2D eigenvalue weighted by Crippen LogP contribution is -2.49. The van der Waals surface area contributed by atoms with Crippen LogP contribution in [0.2, 0.25) is 0 Å². The van der Waals surface area contributed by atoms with E-state index in [1.54, 1.807) is 0 Å². The second-order valence-electron chi connectivity index (χ2n) is 4.32. The summed E-state index contributed by atoms with van der Waals surface area (Å²) in [7, 11) is 0. The lowest BCUT2D eigenvalue weighted by atomic mass is 9.90. The van der Waals surface area contributed by atoms with Crippen molar-refractivity contribution in [3.05, 3.63) is 0 Å². The number of hydrogen-bond donors (Lipinski definition) is 4. The van der Waals surface area contributed by atoms with Gasteiger partial charge in [0, 0.05) is 0 Å². The van der Waals surface area contributed by atoms with Crippen LogP contribution in [-0.2, 0) is 9.59 Å². The van der Waals surface area contributed by atoms with Gasteiger partial charge in [-0.15, -0.1) is 0 Å². The van der Waals surface area contributed by atoms with Crippen LogP contribution in [0.4, 0.5) is 0 Å². The minimum atomic E-state index is -0.368. The van der Waals surface area contributed by atoms with E-state index in [0.717, 1.165) is 16.4 Å². The van der Waals surface area contributed by atoms with E-state index in [4.69, 9.17) is 22.3 Å². The van der Waals surface area contributed by atoms with Gasteiger partial charge in [-0.25, -0.2) is 19.6 Å². The number of hydrogen-bond acceptors (Lipinski definition) is 6. The third-order valence-electron chi connectivity index (χ3n) is 3.10. The first-order valence-electron chi connectivity index (χ1n) is 5.93. The Bertz CT molecular complexity index is 434. The highest BCUT2D eigenvalue weighted by molar-refractivity contribution is 5.76. The zero-order valence-corrected chi connectivity index (χ0v) is 10.7. The molecule has 0 radical (unpaired) electrons. The summed E-state index contributed by atoms with van der Waals surface area (Å²) in [6.45, 7) is 0. The highest BCUT2D eigenvalue weighted by Crippen LogP contribution is 2.26. The quantitative estimate of drug-likeness (QED) is 0.227. The molecule has 1 aliphatic carbocycles. The first kappa shape index (κ1) is 15.4. The number of isocyanates is 2. The van der Waals surface area contributed by atoms with E-state index in [9.17, 15) is 9.59 Å². The van der Waals surface area contributed by atoms with Gasteiger partial charge in [-0.2, -0.15) is 0 Å². The van der Waals surface area contributed by atoms with Gasteiger partial charge in [0.05, 0.1) is 12.1 Å². The SMILES string of the molecule is N=C(N)N(N=C=O)C1CCCC(N(N=C=O)C(=N)N)C1. The number of hydrazone groups is 2. The molecule has 0 aromatic rings. The molecule has 10 nitrogen and oxygen atoms in total. The van der Waals surface area contributed by atoms with Gasteiger partial charge in [-0.05, 0) is 25.7 Å². The van der Waals surface area contributed by atoms with Gasteiger partial charge in [0.15, 0.2) is 0 Å². The van der Waals surface area contributed by atoms with Crippen LogP contribution in [0.5, 0.6) is 0 Å². The number of nitrogens with zero attached hydrogens (tertiary/aromatic N) is 4. The number of rotatable bonds is 4. The normalized spacial score (nSPS) is 21.0. The molecule has 0 heterocycles. The van der Waals surface area contributed by atoms with E-state index in [0.29, 0.717) is 19.3 Å². The average molecular weight is 280 g/mol. The van der Waals surface area contributed by atoms with Crippen LogP contribution in [0.3, 0.4) is 0 Å². The zero-order valence-electron chi connectivity index (χ0n) is 10.7. The topological polar surface area (TPSA) is 165 Å². The molecule has 0 saturated heterocycles. The first-order chi connectivity index (χ1) is 9.51. The van der Waals surface area contributed by atoms with Gasteiger partial charge in [0.25, 0.3) is 12.2 Å². The predicted molar refractivity (Wildman–Crippen MR) is 69.8 cm³/mol. The third kappa shape index (κ3) is 3.64. The molecule has 1 saturated carbocycles. The summed E-state index contributed by atoms with van der Waals surface area (Å²) in [4.78, 5) is 20.7. The van der Waals surface area contributed by atoms with Crippen molar-refractivity contribution in [3.63, 3.8) is 0 Å². The van der Waals surface area contributed by atoms with Crippen LogP contribution in [0.15, 0.2) is 10.2 Å². The molecule has 6 N–H and O–H groups in total. The van der Waals surface area contributed by atoms with Gasteiger partial charge >= 0.3 is 0 Å². The molecule has 1 rings (SSSR count). The highest BCUT2D eigenvalue weighted by atomic mass is 16.1. The molecule has 10 heteroatoms. The molecular formula is C10H16N8O2. The van der Waals surface area contributed by atoms with Crippen molar-refractivity contribution in [2.24, 2.45) is 21.7 Å². The van der Waals surface area contributed by atoms with Crippen LogP contribution in [0.25, 0.3) is 0 Å². The molecule has 0 aromatic heterocycles. The number of nitrogens with one attached hydrogen (secondary N) is 2. The maximum atomic E-state index is 10.4. The summed E-state index contributed by atoms with van der Waals surface area (Å²) in [6, 6.07) is -0.618. The standard InChI is InChI=1S/C10H16N8O2/c11-9(12)17(15-5-19)7-2-1-3-8(4-7)18(10(13)14)16-6-20/h7-8H,1-4H2,(H3,11,12)(H3,13,14). The van der Waals surface area contributed by atoms with Crippen molar-refractivity contribution in [1.82, 2.24) is 10.0 Å². The Balaban J connectivity index is 2.89. The van der Waals surface area contributed by atoms with E-state index in [1.165, 1.54) is 12.2 Å². The Labute approximate surface area is 115 Å². The smallest absolute Gasteiger partial charge is 0.258 e. The van der Waals surface area contributed by atoms with E-state index in [-0.39, 0.29) is 24.0 Å². The van der Waals surface area contributed by atoms with Crippen LogP contribution in [-0.4, -0.2) is 46.2 Å². The Hall–Kier alpha value is -2.70. The summed E-state index contributed by atoms with van der Waals surface area (Å²) in [5.41, 5.74) is 10.7. The van der Waals surface area contributed by atoms with Gasteiger partial charge < -0.3 is 11.5 Å². The van der Waals surface area contributed by atoms with Crippen molar-refractivity contribution < 1.29 is 9.59 Å². The minimum absolute atomic E-state index is 0.309. The van der Waals surface area contributed by atoms with Crippen molar-refractivity contribution in [2.45, 2.75) is 37.8 Å². The lowest BCUT2D eigenvalue weighted by molar-refractivity contribution is 0.164. The minimum Gasteiger partial charge on any atom is -0.368 e. The van der Waals surface area contributed by atoms with Crippen LogP contribution >= 0.6 is 0 Å². The summed E-state index contributed by atoms with van der Waals surface area (Å²) in [6.07, 6.45) is 5.16. The number of nitrogens with two attached hydrogens (primary N) is 2. The monoisotopic (exact) mass is 280 g/mol. The Morgan fingerprint density at radius 3 is 1.70 bits per heavy atom. The summed E-state index contributed by atoms with van der Waals surface area (Å²) in [5.74, 6) is -0.737. The van der Waals surface area contributed by atoms with E-state index < -0.39 is 0 Å². The van der Waals surface area contributed by atoms with Gasteiger partial charge in [0.2, 0.25) is 11.9 Å². The summed E-state index contributed by atoms with van der Waals surface area (Å²) < 4.78 is 0. The predicted octanol–water partition coefficient (Wildman–Crippen LogP) is -0.810. The molecule has 1 fully saturated rings. The third-order valence-corrected chi connectivity index (χ3v) is 3.10. The summed E-state index contributed by atoms with van der Waals surface area (Å²) >= 11 is 0. The fourth-order valence-electron chi connectivity index (χ4n) is 2.34. The molecule has 2 atom stereocenters. The molecule has 0 spiro atoms. The average Bonchev–Trinajstić information content (AvgIpc) is 2.41. The van der Waals surface area contributed by atoms with Gasteiger partial charge in [0.1, 0.15) is 0 Å². The Kier molecular flexibility index (Phi) is 5.40. The van der Waals surface area contributed by atoms with Crippen LogP contribution in [0, 0.1) is 10.8 Å². The highest BCUT2D eigenvalue weighted by Gasteiger charge is 2.32. The van der Waals surface area contributed by atoms with Gasteiger partial charge in [-0.3, -0.25) is 10.8 Å². The molecule has 0 amide bonds. The first-order valence-corrected chi connectivity index (χ1v) is 5.93. The van der Waals surface area contributed by atoms with Crippen molar-refractivity contribution >= 4 is 24.1 Å². The molecule has 1 aliphatic rings. The Morgan fingerprint density at radius 1 is 1.00 bits per heavy atom. The van der Waals surface area contributed by atoms with Crippen molar-refractivity contribution in [1.29, 1.82) is 10.8 Å². The lowest BCUT2D eigenvalue weighted by Gasteiger charge is -2.36. The summed E-state index contributed by atoms with van der Waals surface area (Å²) in [5, 5.41) is 23.7. The second kappa shape index (κ2) is 7.03. The molecule has 0 bridgehead atoms. The van der Waals surface area contributed by atoms with Gasteiger partial charge in [-0.1, -0.05) is 10.2 Å². The van der Waals surface area contributed by atoms with Crippen molar-refractivity contribution in [2.75, 3.05) is 0 Å². The van der Waals surface area contributed by atoms with Crippen LogP contribution < -0.4 is 11.5 Å². The second-order valence-corrected chi connectivity index (χ2v) is 4.32. The molecule has 0 aliphatic heterocycles. The zero-order chi connectivity index (χ0) is 15.1. The fourth-order valence-corrected chi connectivity index (χ4v) is 2.34. The maximum absolute atomic E-state index is 10.4. The molecule has 20 heavy (non-hydrogen) atoms.